The van der Waals surface area contributed by atoms with Crippen molar-refractivity contribution < 1.29 is 24.5 Å². The number of nitrogens with zero attached hydrogens (tertiary/aromatic N) is 1. The van der Waals surface area contributed by atoms with Crippen LogP contribution in [0.3, 0.4) is 0 Å². The average Bonchev–Trinajstić information content (AvgIpc) is 2.17. The monoisotopic (exact) mass is 217 g/mol. The average molecular weight is 217 g/mol. The van der Waals surface area contributed by atoms with E-state index in [1.54, 1.807) is 0 Å². The molecule has 0 aromatic rings. The first kappa shape index (κ1) is 11.9. The molecule has 0 amide bonds. The molecule has 1 aliphatic heterocycles. The summed E-state index contributed by atoms with van der Waals surface area (Å²) in [4.78, 5) is 23.2. The number of aliphatic carboxylic acids is 2. The number of carbonyl (C=O) groups is 2. The quantitative estimate of drug-likeness (QED) is 0.645. The number of rotatable bonds is 5. The molecule has 0 aromatic heterocycles. The molecule has 6 nitrogen and oxygen atoms in total. The Morgan fingerprint density at radius 2 is 1.87 bits per heavy atom. The summed E-state index contributed by atoms with van der Waals surface area (Å²) >= 11 is 0. The van der Waals surface area contributed by atoms with E-state index in [1.165, 1.54) is 0 Å². The molecule has 1 heterocycles. The second-order valence-corrected chi connectivity index (χ2v) is 3.55. The van der Waals surface area contributed by atoms with Gasteiger partial charge in [0.25, 0.3) is 0 Å². The number of carboxylic acid groups (broad SMARTS) is 2. The Hall–Kier alpha value is -1.14. The smallest absolute Gasteiger partial charge is 0.308 e. The van der Waals surface area contributed by atoms with Crippen LogP contribution in [0, 0.1) is 5.92 Å². The van der Waals surface area contributed by atoms with Crippen LogP contribution in [0.2, 0.25) is 0 Å². The van der Waals surface area contributed by atoms with Gasteiger partial charge in [0.1, 0.15) is 0 Å². The summed E-state index contributed by atoms with van der Waals surface area (Å²) in [6, 6.07) is 0. The van der Waals surface area contributed by atoms with E-state index >= 15 is 0 Å². The van der Waals surface area contributed by atoms with Gasteiger partial charge in [-0.1, -0.05) is 0 Å². The molecule has 86 valence electrons. The van der Waals surface area contributed by atoms with E-state index in [0.29, 0.717) is 26.3 Å². The summed E-state index contributed by atoms with van der Waals surface area (Å²) in [6.45, 7) is 2.79. The molecule has 1 unspecified atom stereocenters. The fraction of sp³-hybridized carbons (Fsp3) is 0.778. The SMILES string of the molecule is O=C(O)CC(CN1CCOCC1)C(=O)O. The summed E-state index contributed by atoms with van der Waals surface area (Å²) in [7, 11) is 0. The van der Waals surface area contributed by atoms with Crippen LogP contribution in [-0.2, 0) is 14.3 Å². The predicted molar refractivity (Wildman–Crippen MR) is 50.6 cm³/mol. The van der Waals surface area contributed by atoms with Gasteiger partial charge in [-0.05, 0) is 0 Å². The topological polar surface area (TPSA) is 87.1 Å². The zero-order chi connectivity index (χ0) is 11.3. The van der Waals surface area contributed by atoms with Gasteiger partial charge in [-0.25, -0.2) is 0 Å². The minimum absolute atomic E-state index is 0.283. The van der Waals surface area contributed by atoms with E-state index in [1.807, 2.05) is 4.90 Å². The Morgan fingerprint density at radius 3 is 2.33 bits per heavy atom. The van der Waals surface area contributed by atoms with Gasteiger partial charge >= 0.3 is 11.9 Å². The Labute approximate surface area is 87.4 Å². The molecule has 0 saturated carbocycles. The Bertz CT molecular complexity index is 237. The van der Waals surface area contributed by atoms with Crippen LogP contribution in [0.4, 0.5) is 0 Å². The summed E-state index contributed by atoms with van der Waals surface area (Å²) < 4.78 is 5.12. The first-order chi connectivity index (χ1) is 7.09. The normalized spacial score (nSPS) is 19.7. The predicted octanol–water partition coefficient (Wildman–Crippen LogP) is -0.506. The molecule has 0 bridgehead atoms. The molecule has 0 aromatic carbocycles. The van der Waals surface area contributed by atoms with Gasteiger partial charge in [-0.15, -0.1) is 0 Å². The van der Waals surface area contributed by atoms with E-state index in [4.69, 9.17) is 14.9 Å². The maximum atomic E-state index is 10.8. The van der Waals surface area contributed by atoms with Gasteiger partial charge in [-0.3, -0.25) is 14.5 Å². The molecule has 1 rings (SSSR count). The number of morpholine rings is 1. The minimum atomic E-state index is -1.07. The first-order valence-electron chi connectivity index (χ1n) is 4.84. The lowest BCUT2D eigenvalue weighted by Gasteiger charge is -2.28. The molecular weight excluding hydrogens is 202 g/mol. The van der Waals surface area contributed by atoms with Gasteiger partial charge in [0, 0.05) is 19.6 Å². The first-order valence-corrected chi connectivity index (χ1v) is 4.84. The van der Waals surface area contributed by atoms with Crippen LogP contribution in [0.25, 0.3) is 0 Å². The molecule has 0 aliphatic carbocycles. The molecule has 1 aliphatic rings. The Kier molecular flexibility index (Phi) is 4.51. The third kappa shape index (κ3) is 4.26. The largest absolute Gasteiger partial charge is 0.481 e. The maximum absolute atomic E-state index is 10.8. The molecule has 1 saturated heterocycles. The van der Waals surface area contributed by atoms with Crippen molar-refractivity contribution in [1.29, 1.82) is 0 Å². The maximum Gasteiger partial charge on any atom is 0.308 e. The molecule has 0 spiro atoms. The fourth-order valence-corrected chi connectivity index (χ4v) is 1.54. The van der Waals surface area contributed by atoms with Crippen molar-refractivity contribution in [2.75, 3.05) is 32.8 Å². The second kappa shape index (κ2) is 5.67. The number of ether oxygens (including phenoxy) is 1. The lowest BCUT2D eigenvalue weighted by molar-refractivity contribution is -0.149. The highest BCUT2D eigenvalue weighted by Crippen LogP contribution is 2.08. The van der Waals surface area contributed by atoms with Crippen molar-refractivity contribution in [3.63, 3.8) is 0 Å². The Morgan fingerprint density at radius 1 is 1.27 bits per heavy atom. The van der Waals surface area contributed by atoms with Gasteiger partial charge in [-0.2, -0.15) is 0 Å². The van der Waals surface area contributed by atoms with Crippen molar-refractivity contribution in [1.82, 2.24) is 4.90 Å². The van der Waals surface area contributed by atoms with Crippen LogP contribution in [0.5, 0.6) is 0 Å². The van der Waals surface area contributed by atoms with E-state index in [-0.39, 0.29) is 13.0 Å². The molecule has 0 radical (unpaired) electrons. The number of hydrogen-bond acceptors (Lipinski definition) is 4. The van der Waals surface area contributed by atoms with Crippen molar-refractivity contribution in [2.45, 2.75) is 6.42 Å². The van der Waals surface area contributed by atoms with Gasteiger partial charge in [0.05, 0.1) is 25.6 Å². The zero-order valence-electron chi connectivity index (χ0n) is 8.39. The Balaban J connectivity index is 2.42. The fourth-order valence-electron chi connectivity index (χ4n) is 1.54. The van der Waals surface area contributed by atoms with Crippen LogP contribution in [0.1, 0.15) is 6.42 Å². The molecule has 1 atom stereocenters. The van der Waals surface area contributed by atoms with E-state index in [9.17, 15) is 9.59 Å². The zero-order valence-corrected chi connectivity index (χ0v) is 8.39. The van der Waals surface area contributed by atoms with E-state index < -0.39 is 17.9 Å². The summed E-state index contributed by atoms with van der Waals surface area (Å²) in [6.07, 6.45) is -0.327. The van der Waals surface area contributed by atoms with Gasteiger partial charge in [0.15, 0.2) is 0 Å². The number of carboxylic acids is 2. The third-order valence-corrected chi connectivity index (χ3v) is 2.35. The van der Waals surface area contributed by atoms with Crippen LogP contribution < -0.4 is 0 Å². The van der Waals surface area contributed by atoms with Crippen molar-refractivity contribution in [2.24, 2.45) is 5.92 Å². The second-order valence-electron chi connectivity index (χ2n) is 3.55. The number of hydrogen-bond donors (Lipinski definition) is 2. The summed E-state index contributed by atoms with van der Waals surface area (Å²) in [5.41, 5.74) is 0. The van der Waals surface area contributed by atoms with Crippen molar-refractivity contribution >= 4 is 11.9 Å². The molecule has 1 fully saturated rings. The molecular formula is C9H15NO5. The highest BCUT2D eigenvalue weighted by atomic mass is 16.5. The van der Waals surface area contributed by atoms with E-state index in [2.05, 4.69) is 0 Å². The highest BCUT2D eigenvalue weighted by Gasteiger charge is 2.24. The van der Waals surface area contributed by atoms with Crippen molar-refractivity contribution in [3.05, 3.63) is 0 Å². The van der Waals surface area contributed by atoms with Crippen molar-refractivity contribution in [3.8, 4) is 0 Å². The molecule has 6 heteroatoms. The summed E-state index contributed by atoms with van der Waals surface area (Å²) in [5.74, 6) is -2.96. The van der Waals surface area contributed by atoms with Crippen LogP contribution in [-0.4, -0.2) is 59.9 Å². The standard InChI is InChI=1S/C9H15NO5/c11-8(12)5-7(9(13)14)6-10-1-3-15-4-2-10/h7H,1-6H2,(H,11,12)(H,13,14). The lowest BCUT2D eigenvalue weighted by Crippen LogP contribution is -2.41. The van der Waals surface area contributed by atoms with Gasteiger partial charge in [0.2, 0.25) is 0 Å². The molecule has 15 heavy (non-hydrogen) atoms. The van der Waals surface area contributed by atoms with Gasteiger partial charge < -0.3 is 14.9 Å². The van der Waals surface area contributed by atoms with E-state index in [0.717, 1.165) is 0 Å². The summed E-state index contributed by atoms with van der Waals surface area (Å²) in [5, 5.41) is 17.4. The van der Waals surface area contributed by atoms with Crippen LogP contribution in [0.15, 0.2) is 0 Å². The van der Waals surface area contributed by atoms with Crippen LogP contribution >= 0.6 is 0 Å². The highest BCUT2D eigenvalue weighted by molar-refractivity contribution is 5.77. The third-order valence-electron chi connectivity index (χ3n) is 2.35. The molecule has 2 N–H and O–H groups in total. The lowest BCUT2D eigenvalue weighted by atomic mass is 10.1. The minimum Gasteiger partial charge on any atom is -0.481 e.